The van der Waals surface area contributed by atoms with Gasteiger partial charge >= 0.3 is 0 Å². The van der Waals surface area contributed by atoms with Crippen LogP contribution in [-0.2, 0) is 36.2 Å². The van der Waals surface area contributed by atoms with Crippen molar-refractivity contribution in [1.82, 2.24) is 14.8 Å². The van der Waals surface area contributed by atoms with Crippen molar-refractivity contribution in [3.8, 4) is 23.0 Å². The maximum Gasteiger partial charge on any atom is 0.226 e. The summed E-state index contributed by atoms with van der Waals surface area (Å²) < 4.78 is 24.9. The summed E-state index contributed by atoms with van der Waals surface area (Å²) in [5.74, 6) is 0.968. The highest BCUT2D eigenvalue weighted by Gasteiger charge is 2.19. The lowest BCUT2D eigenvalue weighted by atomic mass is 10.1. The first-order chi connectivity index (χ1) is 18.6. The van der Waals surface area contributed by atoms with Gasteiger partial charge in [0.15, 0.2) is 6.29 Å². The minimum absolute atomic E-state index is 0.300. The van der Waals surface area contributed by atoms with Gasteiger partial charge in [-0.3, -0.25) is 4.68 Å². The molecule has 7 nitrogen and oxygen atoms in total. The van der Waals surface area contributed by atoms with Crippen molar-refractivity contribution < 1.29 is 18.9 Å². The van der Waals surface area contributed by atoms with Crippen LogP contribution in [-0.4, -0.2) is 35.3 Å². The Balaban J connectivity index is 1.48. The molecule has 194 valence electrons. The number of aryl methyl sites for hydroxylation is 1. The number of aromatic nitrogens is 3. The van der Waals surface area contributed by atoms with Crippen LogP contribution < -0.4 is 9.47 Å². The average Bonchev–Trinajstić information content (AvgIpc) is 3.30. The summed E-state index contributed by atoms with van der Waals surface area (Å²) in [6.45, 7) is 0.803. The zero-order valence-electron chi connectivity index (χ0n) is 21.8. The highest BCUT2D eigenvalue weighted by molar-refractivity contribution is 5.94. The van der Waals surface area contributed by atoms with Gasteiger partial charge in [0.25, 0.3) is 0 Å². The molecule has 0 atom stereocenters. The number of pyridine rings is 1. The van der Waals surface area contributed by atoms with E-state index in [0.717, 1.165) is 38.9 Å². The zero-order chi connectivity index (χ0) is 26.3. The SMILES string of the molecule is COC(Cc1ccc2c(-c3ccc(OCc4ccccc4)nc3OCc3ccccc3)nn(C)c2c1)OC. The van der Waals surface area contributed by atoms with Crippen molar-refractivity contribution in [3.05, 3.63) is 108 Å². The van der Waals surface area contributed by atoms with Gasteiger partial charge in [-0.25, -0.2) is 0 Å². The summed E-state index contributed by atoms with van der Waals surface area (Å²) in [5.41, 5.74) is 5.83. The molecule has 7 heteroatoms. The van der Waals surface area contributed by atoms with E-state index in [2.05, 4.69) is 18.2 Å². The number of methoxy groups -OCH3 is 2. The van der Waals surface area contributed by atoms with Gasteiger partial charge in [-0.2, -0.15) is 10.1 Å². The molecule has 0 saturated heterocycles. The molecule has 0 fully saturated rings. The Kier molecular flexibility index (Phi) is 7.97. The van der Waals surface area contributed by atoms with Crippen LogP contribution >= 0.6 is 0 Å². The average molecular weight is 510 g/mol. The fourth-order valence-corrected chi connectivity index (χ4v) is 4.34. The van der Waals surface area contributed by atoms with Crippen LogP contribution in [0.5, 0.6) is 11.8 Å². The second-order valence-corrected chi connectivity index (χ2v) is 8.98. The molecule has 0 bridgehead atoms. The fourth-order valence-electron chi connectivity index (χ4n) is 4.34. The molecule has 0 amide bonds. The highest BCUT2D eigenvalue weighted by atomic mass is 16.7. The van der Waals surface area contributed by atoms with Crippen LogP contribution in [0, 0.1) is 0 Å². The summed E-state index contributed by atoms with van der Waals surface area (Å²) in [6.07, 6.45) is 0.343. The van der Waals surface area contributed by atoms with Gasteiger partial charge in [0.2, 0.25) is 11.8 Å². The van der Waals surface area contributed by atoms with Gasteiger partial charge in [0.05, 0.1) is 11.1 Å². The molecular formula is C31H31N3O4. The molecule has 0 radical (unpaired) electrons. The van der Waals surface area contributed by atoms with Crippen LogP contribution in [0.4, 0.5) is 0 Å². The number of rotatable bonds is 11. The van der Waals surface area contributed by atoms with E-state index in [1.54, 1.807) is 14.2 Å². The third-order valence-electron chi connectivity index (χ3n) is 6.38. The van der Waals surface area contributed by atoms with E-state index in [1.165, 1.54) is 0 Å². The van der Waals surface area contributed by atoms with Crippen molar-refractivity contribution in [2.45, 2.75) is 25.9 Å². The molecule has 38 heavy (non-hydrogen) atoms. The number of fused-ring (bicyclic) bond motifs is 1. The first-order valence-electron chi connectivity index (χ1n) is 12.5. The number of nitrogens with zero attached hydrogens (tertiary/aromatic N) is 3. The van der Waals surface area contributed by atoms with Gasteiger partial charge in [0.1, 0.15) is 18.9 Å². The first kappa shape index (κ1) is 25.4. The predicted molar refractivity (Wildman–Crippen MR) is 147 cm³/mol. The van der Waals surface area contributed by atoms with Gasteiger partial charge in [-0.05, 0) is 28.8 Å². The molecule has 0 aliphatic rings. The fraction of sp³-hybridized carbons (Fsp3) is 0.226. The zero-order valence-corrected chi connectivity index (χ0v) is 21.8. The Morgan fingerprint density at radius 2 is 1.39 bits per heavy atom. The molecule has 0 aliphatic heterocycles. The van der Waals surface area contributed by atoms with Gasteiger partial charge in [0, 0.05) is 39.1 Å². The Morgan fingerprint density at radius 3 is 2.05 bits per heavy atom. The lowest BCUT2D eigenvalue weighted by Crippen LogP contribution is -2.15. The predicted octanol–water partition coefficient (Wildman–Crippen LogP) is 5.95. The number of ether oxygens (including phenoxy) is 4. The van der Waals surface area contributed by atoms with Crippen LogP contribution in [0.1, 0.15) is 16.7 Å². The Morgan fingerprint density at radius 1 is 0.737 bits per heavy atom. The molecule has 2 aromatic heterocycles. The highest BCUT2D eigenvalue weighted by Crippen LogP contribution is 2.35. The van der Waals surface area contributed by atoms with Gasteiger partial charge < -0.3 is 18.9 Å². The van der Waals surface area contributed by atoms with Crippen LogP contribution in [0.3, 0.4) is 0 Å². The third kappa shape index (κ3) is 5.85. The topological polar surface area (TPSA) is 67.6 Å². The van der Waals surface area contributed by atoms with E-state index in [0.29, 0.717) is 31.4 Å². The van der Waals surface area contributed by atoms with E-state index in [9.17, 15) is 0 Å². The van der Waals surface area contributed by atoms with E-state index in [1.807, 2.05) is 84.5 Å². The number of hydrogen-bond acceptors (Lipinski definition) is 6. The summed E-state index contributed by atoms with van der Waals surface area (Å²) in [7, 11) is 5.23. The largest absolute Gasteiger partial charge is 0.473 e. The van der Waals surface area contributed by atoms with Crippen molar-refractivity contribution in [1.29, 1.82) is 0 Å². The second-order valence-electron chi connectivity index (χ2n) is 8.98. The third-order valence-corrected chi connectivity index (χ3v) is 6.38. The molecule has 0 unspecified atom stereocenters. The maximum atomic E-state index is 6.26. The normalized spacial score (nSPS) is 11.3. The second kappa shape index (κ2) is 11.9. The minimum Gasteiger partial charge on any atom is -0.473 e. The van der Waals surface area contributed by atoms with Gasteiger partial charge in [-0.15, -0.1) is 0 Å². The van der Waals surface area contributed by atoms with Crippen LogP contribution in [0.15, 0.2) is 91.0 Å². The molecule has 0 aliphatic carbocycles. The van der Waals surface area contributed by atoms with E-state index >= 15 is 0 Å². The van der Waals surface area contributed by atoms with E-state index < -0.39 is 0 Å². The molecule has 0 spiro atoms. The first-order valence-corrected chi connectivity index (χ1v) is 12.5. The minimum atomic E-state index is -0.300. The molecule has 0 saturated carbocycles. The summed E-state index contributed by atoms with van der Waals surface area (Å²) in [4.78, 5) is 4.75. The number of hydrogen-bond donors (Lipinski definition) is 0. The molecule has 0 N–H and O–H groups in total. The summed E-state index contributed by atoms with van der Waals surface area (Å²) in [6, 6.07) is 30.2. The van der Waals surface area contributed by atoms with Crippen LogP contribution in [0.25, 0.3) is 22.2 Å². The Bertz CT molecular complexity index is 1480. The smallest absolute Gasteiger partial charge is 0.226 e. The molecular weight excluding hydrogens is 478 g/mol. The quantitative estimate of drug-likeness (QED) is 0.205. The molecule has 5 aromatic rings. The lowest BCUT2D eigenvalue weighted by Gasteiger charge is -2.13. The van der Waals surface area contributed by atoms with Crippen molar-refractivity contribution in [3.63, 3.8) is 0 Å². The van der Waals surface area contributed by atoms with Crippen molar-refractivity contribution in [2.24, 2.45) is 7.05 Å². The van der Waals surface area contributed by atoms with E-state index in [-0.39, 0.29) is 6.29 Å². The van der Waals surface area contributed by atoms with Crippen LogP contribution in [0.2, 0.25) is 0 Å². The summed E-state index contributed by atoms with van der Waals surface area (Å²) >= 11 is 0. The standard InChI is InChI=1S/C31H31N3O4/c1-34-27-18-24(19-29(35-2)36-3)14-15-25(27)30(33-34)26-16-17-28(37-20-22-10-6-4-7-11-22)32-31(26)38-21-23-12-8-5-9-13-23/h4-18,29H,19-21H2,1-3H3. The van der Waals surface area contributed by atoms with Crippen molar-refractivity contribution in [2.75, 3.05) is 14.2 Å². The maximum absolute atomic E-state index is 6.26. The molecule has 3 aromatic carbocycles. The molecule has 5 rings (SSSR count). The Hall–Kier alpha value is -4.20. The monoisotopic (exact) mass is 509 g/mol. The summed E-state index contributed by atoms with van der Waals surface area (Å²) in [5, 5.41) is 5.86. The molecule has 2 heterocycles. The number of benzene rings is 3. The Labute approximate surface area is 222 Å². The van der Waals surface area contributed by atoms with Gasteiger partial charge in [-0.1, -0.05) is 72.8 Å². The van der Waals surface area contributed by atoms with E-state index in [4.69, 9.17) is 29.0 Å². The van der Waals surface area contributed by atoms with Crippen molar-refractivity contribution >= 4 is 10.9 Å². The lowest BCUT2D eigenvalue weighted by molar-refractivity contribution is -0.100.